The van der Waals surface area contributed by atoms with Crippen LogP contribution in [0.2, 0.25) is 0 Å². The molecule has 1 atom stereocenters. The lowest BCUT2D eigenvalue weighted by molar-refractivity contribution is -0.155. The molecule has 0 aromatic heterocycles. The molecule has 5 nitrogen and oxygen atoms in total. The Morgan fingerprint density at radius 1 is 1.26 bits per heavy atom. The van der Waals surface area contributed by atoms with Crippen molar-refractivity contribution in [2.24, 2.45) is 0 Å². The minimum atomic E-state index is -0.764. The summed E-state index contributed by atoms with van der Waals surface area (Å²) in [6, 6.07) is 7.51. The van der Waals surface area contributed by atoms with E-state index in [4.69, 9.17) is 0 Å². The van der Waals surface area contributed by atoms with E-state index in [1.54, 1.807) is 7.05 Å². The molecule has 1 aromatic rings. The van der Waals surface area contributed by atoms with Gasteiger partial charge < -0.3 is 14.9 Å². The molecule has 0 saturated carbocycles. The molecule has 1 unspecified atom stereocenters. The third-order valence-electron chi connectivity index (χ3n) is 3.34. The van der Waals surface area contributed by atoms with E-state index in [-0.39, 0.29) is 6.54 Å². The second kappa shape index (κ2) is 5.40. The maximum atomic E-state index is 11.8. The Balaban J connectivity index is 2.05. The van der Waals surface area contributed by atoms with Crippen LogP contribution in [0.15, 0.2) is 24.3 Å². The van der Waals surface area contributed by atoms with Crippen LogP contribution in [0, 0.1) is 6.92 Å². The Hall–Kier alpha value is -1.88. The highest BCUT2D eigenvalue weighted by atomic mass is 16.3. The van der Waals surface area contributed by atoms with Crippen LogP contribution in [-0.2, 0) is 9.59 Å². The summed E-state index contributed by atoms with van der Waals surface area (Å²) in [5.41, 5.74) is 1.82. The Kier molecular flexibility index (Phi) is 3.85. The summed E-state index contributed by atoms with van der Waals surface area (Å²) in [5.74, 6) is -1.05. The van der Waals surface area contributed by atoms with Crippen molar-refractivity contribution in [1.82, 2.24) is 9.80 Å². The Labute approximate surface area is 112 Å². The molecular formula is C14H18N2O3. The number of hydrogen-bond acceptors (Lipinski definition) is 3. The van der Waals surface area contributed by atoms with Crippen molar-refractivity contribution >= 4 is 11.8 Å². The highest BCUT2D eigenvalue weighted by Gasteiger charge is 2.31. The molecule has 1 heterocycles. The first-order chi connectivity index (χ1) is 8.99. The van der Waals surface area contributed by atoms with Crippen molar-refractivity contribution in [2.75, 3.05) is 26.7 Å². The van der Waals surface area contributed by atoms with Gasteiger partial charge >= 0.3 is 11.8 Å². The van der Waals surface area contributed by atoms with Crippen LogP contribution in [0.25, 0.3) is 0 Å². The van der Waals surface area contributed by atoms with Gasteiger partial charge in [0.15, 0.2) is 0 Å². The molecule has 0 radical (unpaired) electrons. The molecule has 1 aliphatic rings. The van der Waals surface area contributed by atoms with Crippen molar-refractivity contribution in [2.45, 2.75) is 13.0 Å². The summed E-state index contributed by atoms with van der Waals surface area (Å²) >= 11 is 0. The van der Waals surface area contributed by atoms with Crippen LogP contribution < -0.4 is 0 Å². The van der Waals surface area contributed by atoms with Gasteiger partial charge in [-0.1, -0.05) is 29.8 Å². The topological polar surface area (TPSA) is 60.9 Å². The van der Waals surface area contributed by atoms with Gasteiger partial charge in [0.2, 0.25) is 0 Å². The first-order valence-corrected chi connectivity index (χ1v) is 6.28. The van der Waals surface area contributed by atoms with Crippen LogP contribution in [0.5, 0.6) is 0 Å². The molecule has 1 aromatic carbocycles. The largest absolute Gasteiger partial charge is 0.387 e. The summed E-state index contributed by atoms with van der Waals surface area (Å²) in [7, 11) is 1.61. The predicted molar refractivity (Wildman–Crippen MR) is 70.4 cm³/mol. The minimum absolute atomic E-state index is 0.155. The van der Waals surface area contributed by atoms with E-state index in [9.17, 15) is 14.7 Å². The average Bonchev–Trinajstić information content (AvgIpc) is 2.39. The molecule has 19 heavy (non-hydrogen) atoms. The number of amides is 2. The van der Waals surface area contributed by atoms with Gasteiger partial charge in [-0.25, -0.2) is 0 Å². The second-order valence-electron chi connectivity index (χ2n) is 4.91. The fourth-order valence-corrected chi connectivity index (χ4v) is 2.14. The van der Waals surface area contributed by atoms with E-state index in [1.165, 1.54) is 9.80 Å². The lowest BCUT2D eigenvalue weighted by atomic mass is 10.1. The zero-order chi connectivity index (χ0) is 14.0. The second-order valence-corrected chi connectivity index (χ2v) is 4.91. The van der Waals surface area contributed by atoms with Gasteiger partial charge in [0.05, 0.1) is 12.6 Å². The third-order valence-corrected chi connectivity index (χ3v) is 3.34. The van der Waals surface area contributed by atoms with Gasteiger partial charge in [-0.15, -0.1) is 0 Å². The molecule has 0 aliphatic carbocycles. The summed E-state index contributed by atoms with van der Waals surface area (Å²) in [5, 5.41) is 10.1. The Bertz CT molecular complexity index is 501. The fourth-order valence-electron chi connectivity index (χ4n) is 2.14. The maximum absolute atomic E-state index is 11.8. The highest BCUT2D eigenvalue weighted by molar-refractivity contribution is 6.35. The van der Waals surface area contributed by atoms with Crippen molar-refractivity contribution in [3.63, 3.8) is 0 Å². The lowest BCUT2D eigenvalue weighted by Gasteiger charge is -2.32. The van der Waals surface area contributed by atoms with Crippen LogP contribution in [0.3, 0.4) is 0 Å². The average molecular weight is 262 g/mol. The number of β-amino-alcohol motifs (C(OH)–C–C–N with tert-alkyl or cyclic N) is 1. The molecule has 102 valence electrons. The lowest BCUT2D eigenvalue weighted by Crippen LogP contribution is -2.53. The zero-order valence-corrected chi connectivity index (χ0v) is 11.2. The van der Waals surface area contributed by atoms with Gasteiger partial charge in [-0.05, 0) is 12.5 Å². The van der Waals surface area contributed by atoms with Gasteiger partial charge in [0, 0.05) is 20.1 Å². The molecule has 1 aliphatic heterocycles. The molecule has 2 rings (SSSR count). The number of aryl methyl sites for hydroxylation is 1. The predicted octanol–water partition coefficient (Wildman–Crippen LogP) is 0.329. The van der Waals surface area contributed by atoms with Crippen molar-refractivity contribution in [1.29, 1.82) is 0 Å². The molecule has 0 spiro atoms. The number of aliphatic hydroxyl groups excluding tert-OH is 1. The summed E-state index contributed by atoms with van der Waals surface area (Å²) < 4.78 is 0. The molecule has 0 bridgehead atoms. The van der Waals surface area contributed by atoms with Crippen LogP contribution >= 0.6 is 0 Å². The zero-order valence-electron chi connectivity index (χ0n) is 11.2. The first kappa shape index (κ1) is 13.5. The Morgan fingerprint density at radius 3 is 2.68 bits per heavy atom. The fraction of sp³-hybridized carbons (Fsp3) is 0.429. The first-order valence-electron chi connectivity index (χ1n) is 6.28. The quantitative estimate of drug-likeness (QED) is 0.799. The summed E-state index contributed by atoms with van der Waals surface area (Å²) in [6.07, 6.45) is -0.764. The van der Waals surface area contributed by atoms with E-state index < -0.39 is 17.9 Å². The van der Waals surface area contributed by atoms with Crippen molar-refractivity contribution in [3.05, 3.63) is 35.4 Å². The van der Waals surface area contributed by atoms with E-state index in [1.807, 2.05) is 31.2 Å². The van der Waals surface area contributed by atoms with Crippen LogP contribution in [0.1, 0.15) is 17.2 Å². The number of likely N-dealkylation sites (N-methyl/N-ethyl adjacent to an activating group) is 1. The highest BCUT2D eigenvalue weighted by Crippen LogP contribution is 2.17. The van der Waals surface area contributed by atoms with Crippen LogP contribution in [0.4, 0.5) is 0 Å². The SMILES string of the molecule is Cc1cccc(C(O)CN2CCN(C)C(=O)C2=O)c1. The van der Waals surface area contributed by atoms with Crippen molar-refractivity contribution < 1.29 is 14.7 Å². The molecule has 2 amide bonds. The summed E-state index contributed by atoms with van der Waals surface area (Å²) in [6.45, 7) is 3.07. The van der Waals surface area contributed by atoms with Crippen LogP contribution in [-0.4, -0.2) is 53.4 Å². The number of benzene rings is 1. The summed E-state index contributed by atoms with van der Waals surface area (Å²) in [4.78, 5) is 26.2. The van der Waals surface area contributed by atoms with Gasteiger partial charge in [0.1, 0.15) is 0 Å². The number of piperazine rings is 1. The number of rotatable bonds is 3. The van der Waals surface area contributed by atoms with E-state index >= 15 is 0 Å². The van der Waals surface area contributed by atoms with E-state index in [0.717, 1.165) is 11.1 Å². The van der Waals surface area contributed by atoms with Crippen molar-refractivity contribution in [3.8, 4) is 0 Å². The third kappa shape index (κ3) is 2.93. The monoisotopic (exact) mass is 262 g/mol. The molecular weight excluding hydrogens is 244 g/mol. The normalized spacial score (nSPS) is 17.8. The number of carbonyl (C=O) groups is 2. The minimum Gasteiger partial charge on any atom is -0.387 e. The molecule has 5 heteroatoms. The molecule has 1 fully saturated rings. The number of carbonyl (C=O) groups excluding carboxylic acids is 2. The van der Waals surface area contributed by atoms with Gasteiger partial charge in [-0.2, -0.15) is 0 Å². The van der Waals surface area contributed by atoms with Gasteiger partial charge in [0.25, 0.3) is 0 Å². The molecule has 1 N–H and O–H groups in total. The van der Waals surface area contributed by atoms with E-state index in [2.05, 4.69) is 0 Å². The Morgan fingerprint density at radius 2 is 2.00 bits per heavy atom. The molecule has 1 saturated heterocycles. The number of nitrogens with zero attached hydrogens (tertiary/aromatic N) is 2. The standard InChI is InChI=1S/C14H18N2O3/c1-10-4-3-5-11(8-10)12(17)9-16-7-6-15(2)13(18)14(16)19/h3-5,8,12,17H,6-7,9H2,1-2H3. The maximum Gasteiger partial charge on any atom is 0.312 e. The smallest absolute Gasteiger partial charge is 0.312 e. The van der Waals surface area contributed by atoms with E-state index in [0.29, 0.717) is 13.1 Å². The number of aliphatic hydroxyl groups is 1. The van der Waals surface area contributed by atoms with Gasteiger partial charge in [-0.3, -0.25) is 9.59 Å². The number of hydrogen-bond donors (Lipinski definition) is 1.